The average molecular weight is 235 g/mol. The Labute approximate surface area is 97.7 Å². The van der Waals surface area contributed by atoms with Crippen molar-refractivity contribution in [1.29, 1.82) is 0 Å². The summed E-state index contributed by atoms with van der Waals surface area (Å²) < 4.78 is 1.93. The number of hydrazine groups is 1. The van der Waals surface area contributed by atoms with E-state index in [1.807, 2.05) is 42.9 Å². The molecule has 1 amide bonds. The third-order valence-corrected chi connectivity index (χ3v) is 3.78. The molecule has 2 aromatic heterocycles. The highest BCUT2D eigenvalue weighted by atomic mass is 32.1. The molecule has 84 valence electrons. The first-order chi connectivity index (χ1) is 7.65. The number of thiophene rings is 1. The summed E-state index contributed by atoms with van der Waals surface area (Å²) in [5.74, 6) is 4.96. The van der Waals surface area contributed by atoms with Crippen molar-refractivity contribution in [1.82, 2.24) is 9.99 Å². The first kappa shape index (κ1) is 10.9. The van der Waals surface area contributed by atoms with Crippen LogP contribution in [0.2, 0.25) is 0 Å². The van der Waals surface area contributed by atoms with Crippen molar-refractivity contribution in [3.8, 4) is 5.00 Å². The number of amides is 1. The SMILES string of the molecule is Cc1sc(-n2cccc2)c(C(=O)NN)c1C. The molecule has 0 saturated carbocycles. The van der Waals surface area contributed by atoms with Crippen LogP contribution in [-0.2, 0) is 0 Å². The van der Waals surface area contributed by atoms with E-state index >= 15 is 0 Å². The topological polar surface area (TPSA) is 60.0 Å². The molecule has 0 fully saturated rings. The van der Waals surface area contributed by atoms with Crippen molar-refractivity contribution >= 4 is 17.2 Å². The van der Waals surface area contributed by atoms with Crippen LogP contribution in [0.1, 0.15) is 20.8 Å². The predicted molar refractivity (Wildman–Crippen MR) is 64.8 cm³/mol. The largest absolute Gasteiger partial charge is 0.315 e. The fraction of sp³-hybridized carbons (Fsp3) is 0.182. The Morgan fingerprint density at radius 1 is 1.38 bits per heavy atom. The summed E-state index contributed by atoms with van der Waals surface area (Å²) in [7, 11) is 0. The van der Waals surface area contributed by atoms with Gasteiger partial charge in [-0.25, -0.2) is 5.84 Å². The van der Waals surface area contributed by atoms with Crippen molar-refractivity contribution in [2.24, 2.45) is 5.84 Å². The minimum Gasteiger partial charge on any atom is -0.315 e. The Kier molecular flexibility index (Phi) is 2.80. The molecule has 0 unspecified atom stereocenters. The van der Waals surface area contributed by atoms with Crippen LogP contribution >= 0.6 is 11.3 Å². The number of nitrogen functional groups attached to an aromatic ring is 1. The Bertz CT molecular complexity index is 514. The second-order valence-corrected chi connectivity index (χ2v) is 4.73. The fourth-order valence-corrected chi connectivity index (χ4v) is 2.72. The zero-order chi connectivity index (χ0) is 11.7. The summed E-state index contributed by atoms with van der Waals surface area (Å²) in [6, 6.07) is 3.85. The highest BCUT2D eigenvalue weighted by Crippen LogP contribution is 2.30. The van der Waals surface area contributed by atoms with Crippen LogP contribution in [0.4, 0.5) is 0 Å². The van der Waals surface area contributed by atoms with E-state index in [1.54, 1.807) is 11.3 Å². The first-order valence-electron chi connectivity index (χ1n) is 4.89. The summed E-state index contributed by atoms with van der Waals surface area (Å²) in [5, 5.41) is 0.906. The molecule has 0 aromatic carbocycles. The van der Waals surface area contributed by atoms with E-state index < -0.39 is 0 Å². The molecule has 16 heavy (non-hydrogen) atoms. The molecule has 0 bridgehead atoms. The van der Waals surface area contributed by atoms with Crippen molar-refractivity contribution in [3.05, 3.63) is 40.5 Å². The number of hydrogen-bond acceptors (Lipinski definition) is 3. The fourth-order valence-electron chi connectivity index (χ4n) is 1.60. The van der Waals surface area contributed by atoms with Gasteiger partial charge in [-0.05, 0) is 31.5 Å². The molecule has 0 aliphatic carbocycles. The van der Waals surface area contributed by atoms with Crippen LogP contribution in [0.25, 0.3) is 5.00 Å². The van der Waals surface area contributed by atoms with Crippen molar-refractivity contribution < 1.29 is 4.79 Å². The van der Waals surface area contributed by atoms with E-state index in [9.17, 15) is 4.79 Å². The monoisotopic (exact) mass is 235 g/mol. The maximum absolute atomic E-state index is 11.7. The molecular formula is C11H13N3OS. The summed E-state index contributed by atoms with van der Waals surface area (Å²) in [6.07, 6.45) is 3.83. The first-order valence-corrected chi connectivity index (χ1v) is 5.71. The lowest BCUT2D eigenvalue weighted by molar-refractivity contribution is 0.0953. The molecule has 3 N–H and O–H groups in total. The maximum Gasteiger partial charge on any atom is 0.268 e. The molecule has 0 radical (unpaired) electrons. The van der Waals surface area contributed by atoms with E-state index in [2.05, 4.69) is 5.43 Å². The van der Waals surface area contributed by atoms with Crippen LogP contribution in [0.5, 0.6) is 0 Å². The molecule has 5 heteroatoms. The maximum atomic E-state index is 11.7. The van der Waals surface area contributed by atoms with E-state index in [1.165, 1.54) is 0 Å². The van der Waals surface area contributed by atoms with Crippen molar-refractivity contribution in [2.75, 3.05) is 0 Å². The van der Waals surface area contributed by atoms with Gasteiger partial charge in [-0.1, -0.05) is 0 Å². The third kappa shape index (κ3) is 1.64. The lowest BCUT2D eigenvalue weighted by Crippen LogP contribution is -2.30. The third-order valence-electron chi connectivity index (χ3n) is 2.56. The van der Waals surface area contributed by atoms with Crippen LogP contribution < -0.4 is 11.3 Å². The smallest absolute Gasteiger partial charge is 0.268 e. The zero-order valence-corrected chi connectivity index (χ0v) is 9.97. The molecular weight excluding hydrogens is 222 g/mol. The summed E-state index contributed by atoms with van der Waals surface area (Å²) in [4.78, 5) is 12.8. The number of nitrogens with one attached hydrogen (secondary N) is 1. The van der Waals surface area contributed by atoms with E-state index in [0.717, 1.165) is 15.4 Å². The van der Waals surface area contributed by atoms with Gasteiger partial charge in [-0.3, -0.25) is 10.2 Å². The van der Waals surface area contributed by atoms with E-state index in [-0.39, 0.29) is 5.91 Å². The summed E-state index contributed by atoms with van der Waals surface area (Å²) >= 11 is 1.59. The molecule has 0 aliphatic heterocycles. The van der Waals surface area contributed by atoms with Gasteiger partial charge in [0.1, 0.15) is 5.00 Å². The van der Waals surface area contributed by atoms with Gasteiger partial charge in [0.2, 0.25) is 0 Å². The van der Waals surface area contributed by atoms with Gasteiger partial charge in [-0.2, -0.15) is 0 Å². The van der Waals surface area contributed by atoms with Gasteiger partial charge >= 0.3 is 0 Å². The second-order valence-electron chi connectivity index (χ2n) is 3.53. The number of rotatable bonds is 2. The molecule has 2 heterocycles. The number of nitrogens with two attached hydrogens (primary N) is 1. The normalized spacial score (nSPS) is 10.4. The lowest BCUT2D eigenvalue weighted by atomic mass is 10.1. The number of aromatic nitrogens is 1. The Morgan fingerprint density at radius 2 is 2.00 bits per heavy atom. The molecule has 2 aromatic rings. The van der Waals surface area contributed by atoms with Gasteiger partial charge < -0.3 is 4.57 Å². The van der Waals surface area contributed by atoms with E-state index in [0.29, 0.717) is 5.56 Å². The zero-order valence-electron chi connectivity index (χ0n) is 9.15. The predicted octanol–water partition coefficient (Wildman–Crippen LogP) is 1.76. The number of carbonyl (C=O) groups excluding carboxylic acids is 1. The minimum atomic E-state index is -0.245. The quantitative estimate of drug-likeness (QED) is 0.473. The molecule has 0 saturated heterocycles. The number of carbonyl (C=O) groups is 1. The molecule has 2 rings (SSSR count). The molecule has 0 atom stereocenters. The van der Waals surface area contributed by atoms with Crippen molar-refractivity contribution in [3.63, 3.8) is 0 Å². The highest BCUT2D eigenvalue weighted by molar-refractivity contribution is 7.15. The Hall–Kier alpha value is -1.59. The Morgan fingerprint density at radius 3 is 2.56 bits per heavy atom. The van der Waals surface area contributed by atoms with Crippen LogP contribution in [-0.4, -0.2) is 10.5 Å². The van der Waals surface area contributed by atoms with Crippen LogP contribution in [0.3, 0.4) is 0 Å². The summed E-state index contributed by atoms with van der Waals surface area (Å²) in [5.41, 5.74) is 3.83. The van der Waals surface area contributed by atoms with Gasteiger partial charge in [0.25, 0.3) is 5.91 Å². The average Bonchev–Trinajstić information content (AvgIpc) is 2.87. The summed E-state index contributed by atoms with van der Waals surface area (Å²) in [6.45, 7) is 3.93. The molecule has 0 aliphatic rings. The lowest BCUT2D eigenvalue weighted by Gasteiger charge is -2.04. The molecule has 0 spiro atoms. The van der Waals surface area contributed by atoms with Gasteiger partial charge in [-0.15, -0.1) is 11.3 Å². The van der Waals surface area contributed by atoms with Crippen molar-refractivity contribution in [2.45, 2.75) is 13.8 Å². The number of hydrogen-bond donors (Lipinski definition) is 2. The molecule has 4 nitrogen and oxygen atoms in total. The Balaban J connectivity index is 2.62. The van der Waals surface area contributed by atoms with E-state index in [4.69, 9.17) is 5.84 Å². The second kappa shape index (κ2) is 4.11. The minimum absolute atomic E-state index is 0.245. The highest BCUT2D eigenvalue weighted by Gasteiger charge is 2.19. The van der Waals surface area contributed by atoms with Crippen LogP contribution in [0.15, 0.2) is 24.5 Å². The van der Waals surface area contributed by atoms with Crippen LogP contribution in [0, 0.1) is 13.8 Å². The standard InChI is InChI=1S/C11H13N3OS/c1-7-8(2)16-11(9(7)10(15)13-12)14-5-3-4-6-14/h3-6H,12H2,1-2H3,(H,13,15). The number of aryl methyl sites for hydroxylation is 1. The number of nitrogens with zero attached hydrogens (tertiary/aromatic N) is 1. The van der Waals surface area contributed by atoms with Gasteiger partial charge in [0.05, 0.1) is 5.56 Å². The van der Waals surface area contributed by atoms with Gasteiger partial charge in [0, 0.05) is 17.3 Å². The van der Waals surface area contributed by atoms with Gasteiger partial charge in [0.15, 0.2) is 0 Å².